The summed E-state index contributed by atoms with van der Waals surface area (Å²) in [4.78, 5) is 4.19. The average Bonchev–Trinajstić information content (AvgIpc) is 3.44. The molecule has 0 aliphatic heterocycles. The van der Waals surface area contributed by atoms with E-state index in [0.717, 1.165) is 37.7 Å². The number of imidazole rings is 1. The monoisotopic (exact) mass is 431 g/mol. The number of aromatic nitrogens is 4. The van der Waals surface area contributed by atoms with Crippen LogP contribution in [-0.4, -0.2) is 43.0 Å². The zero-order chi connectivity index (χ0) is 21.6. The van der Waals surface area contributed by atoms with Gasteiger partial charge in [0.1, 0.15) is 12.0 Å². The molecule has 5 rings (SSSR count). The normalized spacial score (nSPS) is 22.1. The smallest absolute Gasteiger partial charge is 0.393 e. The number of hydrogen-bond acceptors (Lipinski definition) is 5. The highest BCUT2D eigenvalue weighted by atomic mass is 19.4. The third kappa shape index (κ3) is 4.37. The van der Waals surface area contributed by atoms with Crippen LogP contribution in [0.25, 0.3) is 16.8 Å². The van der Waals surface area contributed by atoms with Crippen LogP contribution in [0.2, 0.25) is 0 Å². The summed E-state index contributed by atoms with van der Waals surface area (Å²) in [5.74, 6) is 0.835. The van der Waals surface area contributed by atoms with Crippen molar-refractivity contribution in [1.82, 2.24) is 19.6 Å². The molecule has 2 saturated carbocycles. The van der Waals surface area contributed by atoms with Crippen LogP contribution in [0.5, 0.6) is 0 Å². The van der Waals surface area contributed by atoms with Gasteiger partial charge in [-0.05, 0) is 55.6 Å². The maximum absolute atomic E-state index is 13.3. The van der Waals surface area contributed by atoms with Gasteiger partial charge in [-0.15, -0.1) is 10.2 Å². The van der Waals surface area contributed by atoms with Crippen LogP contribution in [-0.2, 0) is 6.42 Å². The zero-order valence-corrected chi connectivity index (χ0v) is 16.9. The molecule has 3 aromatic rings. The molecule has 1 aromatic carbocycles. The van der Waals surface area contributed by atoms with E-state index in [9.17, 15) is 18.3 Å². The fraction of sp³-hybridized carbons (Fsp3) is 0.500. The Kier molecular flexibility index (Phi) is 5.08. The number of anilines is 1. The minimum absolute atomic E-state index is 0.0631. The Morgan fingerprint density at radius 3 is 2.71 bits per heavy atom. The van der Waals surface area contributed by atoms with E-state index in [1.807, 2.05) is 6.07 Å². The standard InChI is InChI=1S/C22H24F3N5O/c23-22(24,25)10-15-8-14(13-4-5-13)6-7-18(15)20-19-11-26-12-30(19)21(29-28-20)27-16-2-1-3-17(31)9-16/h6-8,11-13,16-17,31H,1-5,9-10H2,(H,27,29)/t16?,17-/m0/s1. The van der Waals surface area contributed by atoms with Crippen molar-refractivity contribution in [3.05, 3.63) is 41.9 Å². The van der Waals surface area contributed by atoms with Crippen LogP contribution in [0, 0.1) is 0 Å². The van der Waals surface area contributed by atoms with Gasteiger partial charge in [0.2, 0.25) is 5.95 Å². The molecular formula is C22H24F3N5O. The number of nitrogens with one attached hydrogen (secondary N) is 1. The van der Waals surface area contributed by atoms with Gasteiger partial charge >= 0.3 is 6.18 Å². The van der Waals surface area contributed by atoms with Crippen molar-refractivity contribution in [2.75, 3.05) is 5.32 Å². The van der Waals surface area contributed by atoms with Crippen molar-refractivity contribution in [2.45, 2.75) is 69.2 Å². The molecule has 2 aromatic heterocycles. The van der Waals surface area contributed by atoms with E-state index in [-0.39, 0.29) is 17.7 Å². The van der Waals surface area contributed by atoms with E-state index in [2.05, 4.69) is 20.5 Å². The van der Waals surface area contributed by atoms with Crippen molar-refractivity contribution >= 4 is 11.5 Å². The Morgan fingerprint density at radius 2 is 1.97 bits per heavy atom. The molecule has 2 aliphatic rings. The second-order valence-corrected chi connectivity index (χ2v) is 8.67. The summed E-state index contributed by atoms with van der Waals surface area (Å²) in [5, 5.41) is 21.8. The van der Waals surface area contributed by atoms with Crippen molar-refractivity contribution < 1.29 is 18.3 Å². The lowest BCUT2D eigenvalue weighted by Gasteiger charge is -2.27. The molecule has 31 heavy (non-hydrogen) atoms. The van der Waals surface area contributed by atoms with Crippen LogP contribution in [0.15, 0.2) is 30.7 Å². The number of aliphatic hydroxyl groups is 1. The van der Waals surface area contributed by atoms with Crippen LogP contribution in [0.3, 0.4) is 0 Å². The van der Waals surface area contributed by atoms with Crippen molar-refractivity contribution in [3.8, 4) is 11.3 Å². The molecule has 0 saturated heterocycles. The Balaban J connectivity index is 1.53. The van der Waals surface area contributed by atoms with Gasteiger partial charge in [-0.1, -0.05) is 18.2 Å². The molecule has 2 heterocycles. The largest absolute Gasteiger partial charge is 0.393 e. The lowest BCUT2D eigenvalue weighted by Crippen LogP contribution is -2.31. The maximum atomic E-state index is 13.3. The van der Waals surface area contributed by atoms with Gasteiger partial charge < -0.3 is 10.4 Å². The number of benzene rings is 1. The highest BCUT2D eigenvalue weighted by molar-refractivity contribution is 5.79. The first-order chi connectivity index (χ1) is 14.9. The summed E-state index contributed by atoms with van der Waals surface area (Å²) in [6.07, 6.45) is 2.80. The van der Waals surface area contributed by atoms with Gasteiger partial charge in [-0.2, -0.15) is 13.2 Å². The van der Waals surface area contributed by atoms with E-state index < -0.39 is 12.6 Å². The Bertz CT molecular complexity index is 1090. The first-order valence-electron chi connectivity index (χ1n) is 10.7. The molecule has 2 N–H and O–H groups in total. The second-order valence-electron chi connectivity index (χ2n) is 8.67. The molecule has 0 amide bonds. The molecule has 2 aliphatic carbocycles. The van der Waals surface area contributed by atoms with Crippen LogP contribution < -0.4 is 5.32 Å². The molecule has 9 heteroatoms. The minimum Gasteiger partial charge on any atom is -0.393 e. The second kappa shape index (κ2) is 7.78. The number of fused-ring (bicyclic) bond motifs is 1. The summed E-state index contributed by atoms with van der Waals surface area (Å²) in [7, 11) is 0. The Morgan fingerprint density at radius 1 is 1.13 bits per heavy atom. The number of halogens is 3. The average molecular weight is 431 g/mol. The van der Waals surface area contributed by atoms with Crippen LogP contribution >= 0.6 is 0 Å². The van der Waals surface area contributed by atoms with Crippen LogP contribution in [0.4, 0.5) is 19.1 Å². The van der Waals surface area contributed by atoms with Crippen molar-refractivity contribution in [2.24, 2.45) is 0 Å². The number of hydrogen-bond donors (Lipinski definition) is 2. The van der Waals surface area contributed by atoms with Gasteiger partial charge in [0, 0.05) is 11.6 Å². The SMILES string of the molecule is O[C@H]1CCCC(Nc2nnc(-c3ccc(C4CC4)cc3CC(F)(F)F)c3cncn23)C1. The van der Waals surface area contributed by atoms with E-state index >= 15 is 0 Å². The Labute approximate surface area is 177 Å². The lowest BCUT2D eigenvalue weighted by atomic mass is 9.93. The first kappa shape index (κ1) is 20.2. The van der Waals surface area contributed by atoms with Crippen molar-refractivity contribution in [1.29, 1.82) is 0 Å². The predicted octanol–water partition coefficient (Wildman–Crippen LogP) is 4.49. The van der Waals surface area contributed by atoms with Gasteiger partial charge in [0.05, 0.1) is 24.2 Å². The molecule has 1 unspecified atom stereocenters. The third-order valence-corrected chi connectivity index (χ3v) is 6.16. The molecule has 0 radical (unpaired) electrons. The van der Waals surface area contributed by atoms with Crippen molar-refractivity contribution in [3.63, 3.8) is 0 Å². The van der Waals surface area contributed by atoms with Gasteiger partial charge in [-0.25, -0.2) is 4.98 Å². The fourth-order valence-electron chi connectivity index (χ4n) is 4.48. The first-order valence-corrected chi connectivity index (χ1v) is 10.7. The Hall–Kier alpha value is -2.68. The number of rotatable bonds is 5. The minimum atomic E-state index is -4.32. The summed E-state index contributed by atoms with van der Waals surface area (Å²) in [5.41, 5.74) is 2.57. The molecule has 6 nitrogen and oxygen atoms in total. The lowest BCUT2D eigenvalue weighted by molar-refractivity contribution is -0.127. The molecule has 0 bridgehead atoms. The summed E-state index contributed by atoms with van der Waals surface area (Å²) >= 11 is 0. The molecular weight excluding hydrogens is 407 g/mol. The van der Waals surface area contributed by atoms with E-state index in [1.165, 1.54) is 0 Å². The quantitative estimate of drug-likeness (QED) is 0.623. The molecule has 0 spiro atoms. The molecule has 2 fully saturated rings. The van der Waals surface area contributed by atoms with Gasteiger partial charge in [0.15, 0.2) is 0 Å². The highest BCUT2D eigenvalue weighted by Crippen LogP contribution is 2.42. The third-order valence-electron chi connectivity index (χ3n) is 6.16. The predicted molar refractivity (Wildman–Crippen MR) is 110 cm³/mol. The van der Waals surface area contributed by atoms with Gasteiger partial charge in [0.25, 0.3) is 0 Å². The number of aliphatic hydroxyl groups excluding tert-OH is 1. The number of nitrogens with zero attached hydrogens (tertiary/aromatic N) is 4. The fourth-order valence-corrected chi connectivity index (χ4v) is 4.48. The maximum Gasteiger partial charge on any atom is 0.393 e. The van der Waals surface area contributed by atoms with Crippen LogP contribution in [0.1, 0.15) is 55.6 Å². The van der Waals surface area contributed by atoms with E-state index in [1.54, 1.807) is 29.1 Å². The highest BCUT2D eigenvalue weighted by Gasteiger charge is 2.32. The van der Waals surface area contributed by atoms with E-state index in [0.29, 0.717) is 35.1 Å². The number of alkyl halides is 3. The van der Waals surface area contributed by atoms with Gasteiger partial charge in [-0.3, -0.25) is 4.40 Å². The summed E-state index contributed by atoms with van der Waals surface area (Å²) in [6, 6.07) is 5.37. The topological polar surface area (TPSA) is 75.3 Å². The summed E-state index contributed by atoms with van der Waals surface area (Å²) < 4.78 is 41.7. The molecule has 2 atom stereocenters. The summed E-state index contributed by atoms with van der Waals surface area (Å²) in [6.45, 7) is 0. The van der Waals surface area contributed by atoms with E-state index in [4.69, 9.17) is 0 Å². The molecule has 164 valence electrons. The zero-order valence-electron chi connectivity index (χ0n) is 16.9.